The summed E-state index contributed by atoms with van der Waals surface area (Å²) in [5.41, 5.74) is 0.237. The minimum absolute atomic E-state index is 0.231. The van der Waals surface area contributed by atoms with E-state index in [0.717, 1.165) is 4.90 Å². The zero-order valence-corrected chi connectivity index (χ0v) is 13.2. The quantitative estimate of drug-likeness (QED) is 0.613. The molecule has 0 bridgehead atoms. The lowest BCUT2D eigenvalue weighted by atomic mass is 9.78. The Kier molecular flexibility index (Phi) is 3.76. The minimum Gasteiger partial charge on any atom is -0.399 e. The monoisotopic (exact) mass is 282 g/mol. The van der Waals surface area contributed by atoms with E-state index in [1.807, 2.05) is 40.0 Å². The summed E-state index contributed by atoms with van der Waals surface area (Å²) in [5, 5.41) is 0. The lowest BCUT2D eigenvalue weighted by Gasteiger charge is -2.32. The second-order valence-corrected chi connectivity index (χ2v) is 6.73. The van der Waals surface area contributed by atoms with Crippen LogP contribution in [0.25, 0.3) is 0 Å². The molecule has 1 saturated heterocycles. The molecule has 0 unspecified atom stereocenters. The zero-order chi connectivity index (χ0) is 14.4. The number of rotatable bonds is 2. The Labute approximate surface area is 119 Å². The highest BCUT2D eigenvalue weighted by Crippen LogP contribution is 2.37. The van der Waals surface area contributed by atoms with Crippen molar-refractivity contribution in [3.63, 3.8) is 0 Å². The summed E-state index contributed by atoms with van der Waals surface area (Å²) in [5.74, 6) is -0.231. The largest absolute Gasteiger partial charge is 0.497 e. The van der Waals surface area contributed by atoms with Gasteiger partial charge in [-0.3, -0.25) is 0 Å². The van der Waals surface area contributed by atoms with Crippen molar-refractivity contribution in [1.82, 2.24) is 0 Å². The molecule has 1 aliphatic rings. The van der Waals surface area contributed by atoms with Crippen LogP contribution in [0.4, 0.5) is 4.39 Å². The third kappa shape index (κ3) is 2.44. The fourth-order valence-electron chi connectivity index (χ4n) is 2.06. The summed E-state index contributed by atoms with van der Waals surface area (Å²) in [4.78, 5) is 0.942. The molecule has 1 aliphatic heterocycles. The van der Waals surface area contributed by atoms with Crippen LogP contribution in [0, 0.1) is 12.7 Å². The van der Waals surface area contributed by atoms with E-state index in [1.54, 1.807) is 13.0 Å². The average Bonchev–Trinajstić information content (AvgIpc) is 2.51. The lowest BCUT2D eigenvalue weighted by molar-refractivity contribution is 0.00578. The first-order chi connectivity index (χ1) is 8.69. The normalized spacial score (nSPS) is 20.9. The van der Waals surface area contributed by atoms with Crippen LogP contribution >= 0.6 is 11.8 Å². The minimum atomic E-state index is -0.639. The van der Waals surface area contributed by atoms with E-state index in [1.165, 1.54) is 11.8 Å². The van der Waals surface area contributed by atoms with Crippen LogP contribution in [0.3, 0.4) is 0 Å². The highest BCUT2D eigenvalue weighted by Gasteiger charge is 2.52. The Balaban J connectivity index is 2.38. The first-order valence-electron chi connectivity index (χ1n) is 6.38. The molecule has 1 fully saturated rings. The molecule has 0 radical (unpaired) electrons. The second-order valence-electron chi connectivity index (χ2n) is 5.88. The lowest BCUT2D eigenvalue weighted by Crippen LogP contribution is -2.41. The van der Waals surface area contributed by atoms with Gasteiger partial charge in [-0.25, -0.2) is 4.39 Å². The van der Waals surface area contributed by atoms with Crippen LogP contribution in [0.2, 0.25) is 0 Å². The van der Waals surface area contributed by atoms with E-state index >= 15 is 0 Å². The molecular formula is C14H20BFO2S. The number of halogens is 1. The van der Waals surface area contributed by atoms with Crippen LogP contribution in [0.5, 0.6) is 0 Å². The van der Waals surface area contributed by atoms with E-state index < -0.39 is 18.3 Å². The predicted molar refractivity (Wildman–Crippen MR) is 78.6 cm³/mol. The second kappa shape index (κ2) is 4.79. The molecule has 1 heterocycles. The van der Waals surface area contributed by atoms with Crippen LogP contribution in [0.15, 0.2) is 17.0 Å². The summed E-state index contributed by atoms with van der Waals surface area (Å²) < 4.78 is 26.2. The summed E-state index contributed by atoms with van der Waals surface area (Å²) >= 11 is 1.54. The van der Waals surface area contributed by atoms with Gasteiger partial charge < -0.3 is 9.31 Å². The van der Waals surface area contributed by atoms with Gasteiger partial charge in [0.25, 0.3) is 0 Å². The Morgan fingerprint density at radius 2 is 1.63 bits per heavy atom. The predicted octanol–water partition coefficient (Wildman–Crippen LogP) is 3.16. The molecule has 1 aromatic carbocycles. The van der Waals surface area contributed by atoms with Crippen molar-refractivity contribution >= 4 is 24.3 Å². The molecule has 0 atom stereocenters. The summed E-state index contributed by atoms with van der Waals surface area (Å²) in [6.45, 7) is 9.65. The van der Waals surface area contributed by atoms with Crippen molar-refractivity contribution in [1.29, 1.82) is 0 Å². The van der Waals surface area contributed by atoms with Gasteiger partial charge in [0.05, 0.1) is 11.2 Å². The fraction of sp³-hybridized carbons (Fsp3) is 0.571. The molecule has 0 spiro atoms. The molecule has 2 nitrogen and oxygen atoms in total. The van der Waals surface area contributed by atoms with E-state index in [9.17, 15) is 4.39 Å². The standard InChI is InChI=1S/C14H20BFO2S/c1-9-11(19-6)8-7-10(12(9)16)15-17-13(2,3)14(4,5)18-15/h7-8H,1-6H3. The van der Waals surface area contributed by atoms with E-state index in [0.29, 0.717) is 11.0 Å². The Morgan fingerprint density at radius 3 is 2.11 bits per heavy atom. The summed E-state index contributed by atoms with van der Waals surface area (Å²) in [6.07, 6.45) is 1.94. The molecule has 2 rings (SSSR count). The van der Waals surface area contributed by atoms with E-state index in [-0.39, 0.29) is 5.82 Å². The molecule has 0 N–H and O–H groups in total. The van der Waals surface area contributed by atoms with Gasteiger partial charge >= 0.3 is 7.12 Å². The number of hydrogen-bond donors (Lipinski definition) is 0. The first kappa shape index (κ1) is 14.9. The van der Waals surface area contributed by atoms with Gasteiger partial charge in [0.1, 0.15) is 5.82 Å². The molecule has 0 aromatic heterocycles. The van der Waals surface area contributed by atoms with Gasteiger partial charge in [0, 0.05) is 10.4 Å². The van der Waals surface area contributed by atoms with Gasteiger partial charge in [0.15, 0.2) is 0 Å². The maximum atomic E-state index is 14.4. The molecular weight excluding hydrogens is 262 g/mol. The van der Waals surface area contributed by atoms with Crippen molar-refractivity contribution in [2.75, 3.05) is 6.26 Å². The number of benzene rings is 1. The highest BCUT2D eigenvalue weighted by molar-refractivity contribution is 7.98. The third-order valence-corrected chi connectivity index (χ3v) is 4.98. The van der Waals surface area contributed by atoms with Crippen molar-refractivity contribution in [2.45, 2.75) is 50.7 Å². The van der Waals surface area contributed by atoms with Crippen molar-refractivity contribution in [3.05, 3.63) is 23.5 Å². The van der Waals surface area contributed by atoms with Crippen molar-refractivity contribution < 1.29 is 13.7 Å². The molecule has 19 heavy (non-hydrogen) atoms. The van der Waals surface area contributed by atoms with Crippen LogP contribution in [0.1, 0.15) is 33.3 Å². The van der Waals surface area contributed by atoms with Crippen LogP contribution < -0.4 is 5.46 Å². The van der Waals surface area contributed by atoms with Crippen molar-refractivity contribution in [3.8, 4) is 0 Å². The molecule has 0 aliphatic carbocycles. The SMILES string of the molecule is CSc1ccc(B2OC(C)(C)C(C)(C)O2)c(F)c1C. The fourth-order valence-corrected chi connectivity index (χ4v) is 2.66. The Hall–Kier alpha value is -0.515. The topological polar surface area (TPSA) is 18.5 Å². The Morgan fingerprint density at radius 1 is 1.11 bits per heavy atom. The first-order valence-corrected chi connectivity index (χ1v) is 7.61. The average molecular weight is 282 g/mol. The van der Waals surface area contributed by atoms with Gasteiger partial charge in [-0.2, -0.15) is 0 Å². The number of hydrogen-bond acceptors (Lipinski definition) is 3. The smallest absolute Gasteiger partial charge is 0.399 e. The van der Waals surface area contributed by atoms with Gasteiger partial charge in [-0.1, -0.05) is 6.07 Å². The maximum Gasteiger partial charge on any atom is 0.497 e. The van der Waals surface area contributed by atoms with E-state index in [4.69, 9.17) is 9.31 Å². The van der Waals surface area contributed by atoms with Crippen LogP contribution in [-0.2, 0) is 9.31 Å². The van der Waals surface area contributed by atoms with Gasteiger partial charge in [0.2, 0.25) is 0 Å². The molecule has 1 aromatic rings. The summed E-state index contributed by atoms with van der Waals surface area (Å²) in [7, 11) is -0.639. The van der Waals surface area contributed by atoms with E-state index in [2.05, 4.69) is 0 Å². The third-order valence-electron chi connectivity index (χ3n) is 4.09. The molecule has 0 saturated carbocycles. The number of thioether (sulfide) groups is 1. The maximum absolute atomic E-state index is 14.4. The Bertz CT molecular complexity index is 486. The van der Waals surface area contributed by atoms with Gasteiger partial charge in [-0.05, 0) is 52.5 Å². The van der Waals surface area contributed by atoms with Crippen LogP contribution in [-0.4, -0.2) is 24.6 Å². The molecule has 104 valence electrons. The molecule has 5 heteroatoms. The highest BCUT2D eigenvalue weighted by atomic mass is 32.2. The van der Waals surface area contributed by atoms with Gasteiger partial charge in [-0.15, -0.1) is 11.8 Å². The zero-order valence-electron chi connectivity index (χ0n) is 12.3. The van der Waals surface area contributed by atoms with Crippen molar-refractivity contribution in [2.24, 2.45) is 0 Å². The summed E-state index contributed by atoms with van der Waals surface area (Å²) in [6, 6.07) is 3.68. The molecule has 0 amide bonds.